The smallest absolute Gasteiger partial charge is 0.0857 e. The van der Waals surface area contributed by atoms with Crippen molar-refractivity contribution in [3.05, 3.63) is 0 Å². The van der Waals surface area contributed by atoms with Crippen LogP contribution in [0.2, 0.25) is 0 Å². The minimum absolute atomic E-state index is 0.482. The molecule has 0 heterocycles. The first kappa shape index (κ1) is 6.02. The number of nitrogens with zero attached hydrogens (tertiary/aromatic N) is 1. The van der Waals surface area contributed by atoms with E-state index in [2.05, 4.69) is 15.9 Å². The van der Waals surface area contributed by atoms with Gasteiger partial charge < -0.3 is 0 Å². The molecular weight excluding hydrogens is 177 g/mol. The van der Waals surface area contributed by atoms with E-state index in [1.807, 2.05) is 0 Å². The lowest BCUT2D eigenvalue weighted by molar-refractivity contribution is 0.870. The molecular formula is CH2BrCl2N. The first-order valence-corrected chi connectivity index (χ1v) is 2.72. The van der Waals surface area contributed by atoms with Crippen LogP contribution in [0.25, 0.3) is 0 Å². The second-order valence-electron chi connectivity index (χ2n) is 0.422. The van der Waals surface area contributed by atoms with Crippen LogP contribution in [0.3, 0.4) is 0 Å². The number of alkyl halides is 1. The molecule has 0 aromatic heterocycles. The molecule has 4 heteroatoms. The molecule has 0 bridgehead atoms. The van der Waals surface area contributed by atoms with Gasteiger partial charge in [-0.2, -0.15) is 0 Å². The second kappa shape index (κ2) is 3.22. The maximum atomic E-state index is 5.01. The van der Waals surface area contributed by atoms with Crippen LogP contribution < -0.4 is 0 Å². The van der Waals surface area contributed by atoms with E-state index in [-0.39, 0.29) is 0 Å². The van der Waals surface area contributed by atoms with E-state index in [4.69, 9.17) is 23.6 Å². The fourth-order valence-corrected chi connectivity index (χ4v) is 0. The Kier molecular flexibility index (Phi) is 3.88. The summed E-state index contributed by atoms with van der Waals surface area (Å²) in [6, 6.07) is 0. The molecule has 0 aliphatic rings. The summed E-state index contributed by atoms with van der Waals surface area (Å²) < 4.78 is 0.986. The molecule has 0 aromatic rings. The molecule has 0 spiro atoms. The first-order chi connectivity index (χ1) is 2.27. The summed E-state index contributed by atoms with van der Waals surface area (Å²) in [5.74, 6) is 0. The zero-order chi connectivity index (χ0) is 4.28. The van der Waals surface area contributed by atoms with Crippen molar-refractivity contribution in [2.45, 2.75) is 0 Å². The van der Waals surface area contributed by atoms with Gasteiger partial charge in [0.05, 0.1) is 5.45 Å². The summed E-state index contributed by atoms with van der Waals surface area (Å²) >= 11 is 13.0. The SMILES string of the molecule is ClN(Cl)CBr. The highest BCUT2D eigenvalue weighted by Crippen LogP contribution is 1.99. The van der Waals surface area contributed by atoms with E-state index in [9.17, 15) is 0 Å². The maximum Gasteiger partial charge on any atom is 0.0857 e. The fourth-order valence-electron chi connectivity index (χ4n) is 0. The number of hydrogen-bond donors (Lipinski definition) is 0. The Morgan fingerprint density at radius 1 is 1.60 bits per heavy atom. The van der Waals surface area contributed by atoms with Gasteiger partial charge >= 0.3 is 0 Å². The average Bonchev–Trinajstić information content (AvgIpc) is 1.38. The predicted octanol–water partition coefficient (Wildman–Crippen LogP) is 1.95. The fraction of sp³-hybridized carbons (Fsp3) is 1.00. The van der Waals surface area contributed by atoms with Gasteiger partial charge in [0.15, 0.2) is 0 Å². The molecule has 0 fully saturated rings. The van der Waals surface area contributed by atoms with E-state index in [1.165, 1.54) is 0 Å². The second-order valence-corrected chi connectivity index (χ2v) is 1.91. The Bertz CT molecular complexity index is 23.6. The van der Waals surface area contributed by atoms with Gasteiger partial charge in [-0.25, -0.2) is 0 Å². The summed E-state index contributed by atoms with van der Waals surface area (Å²) in [5, 5.41) is 0. The van der Waals surface area contributed by atoms with Gasteiger partial charge in [-0.1, -0.05) is 15.9 Å². The van der Waals surface area contributed by atoms with Crippen molar-refractivity contribution in [1.29, 1.82) is 0 Å². The molecule has 1 nitrogen and oxygen atoms in total. The summed E-state index contributed by atoms with van der Waals surface area (Å²) in [6.45, 7) is 0. The zero-order valence-electron chi connectivity index (χ0n) is 2.29. The van der Waals surface area contributed by atoms with Crippen LogP contribution in [0.1, 0.15) is 0 Å². The molecule has 0 rings (SSSR count). The average molecular weight is 179 g/mol. The predicted molar refractivity (Wildman–Crippen MR) is 27.3 cm³/mol. The van der Waals surface area contributed by atoms with E-state index in [0.717, 1.165) is 3.94 Å². The largest absolute Gasteiger partial charge is 0.121 e. The quantitative estimate of drug-likeness (QED) is 0.337. The number of rotatable bonds is 1. The molecule has 0 saturated carbocycles. The Hall–Kier alpha value is 1.02. The lowest BCUT2D eigenvalue weighted by atomic mass is 11.6. The van der Waals surface area contributed by atoms with E-state index in [1.54, 1.807) is 0 Å². The van der Waals surface area contributed by atoms with Gasteiger partial charge in [0.1, 0.15) is 0 Å². The zero-order valence-corrected chi connectivity index (χ0v) is 5.39. The van der Waals surface area contributed by atoms with Crippen LogP contribution in [0.4, 0.5) is 0 Å². The molecule has 0 aliphatic carbocycles. The standard InChI is InChI=1S/CH2BrCl2N/c2-1-5(3)4/h1H2. The van der Waals surface area contributed by atoms with Crippen molar-refractivity contribution in [3.63, 3.8) is 0 Å². The van der Waals surface area contributed by atoms with E-state index < -0.39 is 0 Å². The lowest BCUT2D eigenvalue weighted by Gasteiger charge is -1.89. The number of halogens is 3. The molecule has 5 heavy (non-hydrogen) atoms. The minimum atomic E-state index is 0.482. The molecule has 0 saturated heterocycles. The van der Waals surface area contributed by atoms with Crippen LogP contribution in [-0.4, -0.2) is 9.39 Å². The van der Waals surface area contributed by atoms with Crippen LogP contribution in [0.15, 0.2) is 0 Å². The maximum absolute atomic E-state index is 5.01. The third-order valence-electron chi connectivity index (χ3n) is 0.0904. The Labute approximate surface area is 49.2 Å². The van der Waals surface area contributed by atoms with Crippen molar-refractivity contribution in [2.75, 3.05) is 5.45 Å². The van der Waals surface area contributed by atoms with Gasteiger partial charge in [0.25, 0.3) is 0 Å². The van der Waals surface area contributed by atoms with Crippen molar-refractivity contribution in [3.8, 4) is 0 Å². The summed E-state index contributed by atoms with van der Waals surface area (Å²) in [4.78, 5) is 0. The van der Waals surface area contributed by atoms with Gasteiger partial charge in [0.2, 0.25) is 0 Å². The van der Waals surface area contributed by atoms with Crippen LogP contribution in [0, 0.1) is 0 Å². The monoisotopic (exact) mass is 177 g/mol. The van der Waals surface area contributed by atoms with Crippen LogP contribution in [0.5, 0.6) is 0 Å². The minimum Gasteiger partial charge on any atom is -0.121 e. The normalized spacial score (nSPS) is 9.60. The molecule has 0 amide bonds. The van der Waals surface area contributed by atoms with Crippen LogP contribution >= 0.6 is 39.5 Å². The third kappa shape index (κ3) is 5.02. The molecule has 0 radical (unpaired) electrons. The van der Waals surface area contributed by atoms with Crippen molar-refractivity contribution in [2.24, 2.45) is 0 Å². The van der Waals surface area contributed by atoms with Crippen molar-refractivity contribution in [1.82, 2.24) is 3.94 Å². The summed E-state index contributed by atoms with van der Waals surface area (Å²) in [5.41, 5.74) is 0.482. The van der Waals surface area contributed by atoms with E-state index in [0.29, 0.717) is 5.45 Å². The Morgan fingerprint density at radius 3 is 1.80 bits per heavy atom. The highest BCUT2D eigenvalue weighted by atomic mass is 79.9. The molecule has 0 aliphatic heterocycles. The van der Waals surface area contributed by atoms with Gasteiger partial charge in [-0.15, -0.1) is 3.94 Å². The highest BCUT2D eigenvalue weighted by Gasteiger charge is 1.82. The summed E-state index contributed by atoms with van der Waals surface area (Å²) in [7, 11) is 0. The highest BCUT2D eigenvalue weighted by molar-refractivity contribution is 9.09. The molecule has 32 valence electrons. The topological polar surface area (TPSA) is 3.24 Å². The number of hydrogen-bond acceptors (Lipinski definition) is 1. The third-order valence-corrected chi connectivity index (χ3v) is 1.41. The van der Waals surface area contributed by atoms with Crippen molar-refractivity contribution >= 4 is 39.5 Å². The molecule has 0 atom stereocenters. The lowest BCUT2D eigenvalue weighted by Crippen LogP contribution is -1.87. The van der Waals surface area contributed by atoms with E-state index >= 15 is 0 Å². The first-order valence-electron chi connectivity index (χ1n) is 0.922. The Morgan fingerprint density at radius 2 is 1.80 bits per heavy atom. The summed E-state index contributed by atoms with van der Waals surface area (Å²) in [6.07, 6.45) is 0. The Balaban J connectivity index is 2.54. The van der Waals surface area contributed by atoms with Gasteiger partial charge in [-0.05, 0) is 23.6 Å². The van der Waals surface area contributed by atoms with Gasteiger partial charge in [-0.3, -0.25) is 0 Å². The molecule has 0 aromatic carbocycles. The van der Waals surface area contributed by atoms with Gasteiger partial charge in [0, 0.05) is 0 Å². The van der Waals surface area contributed by atoms with Crippen molar-refractivity contribution < 1.29 is 0 Å². The molecule has 0 unspecified atom stereocenters. The molecule has 0 N–H and O–H groups in total. The van der Waals surface area contributed by atoms with Crippen LogP contribution in [-0.2, 0) is 0 Å².